The molecule has 0 spiro atoms. The van der Waals surface area contributed by atoms with Gasteiger partial charge in [0.2, 0.25) is 0 Å². The maximum Gasteiger partial charge on any atom is 0.307 e. The van der Waals surface area contributed by atoms with Crippen LogP contribution in [0, 0.1) is 58.2 Å². The first-order chi connectivity index (χ1) is 16.8. The van der Waals surface area contributed by atoms with Crippen LogP contribution in [0.1, 0.15) is 0 Å². The molecule has 0 aliphatic carbocycles. The molecule has 1 aliphatic heterocycles. The standard InChI is InChI=1S/C24H12BF10N/c1-36(2)11-8-4-6-9-5-3-7-10(12(9)11)25(36,13-15(26)19(30)23(34)20(31)16(13)27)14-17(28)21(32)24(35)22(33)18(14)29/h3-8H,1-2H3. The summed E-state index contributed by atoms with van der Waals surface area (Å²) in [4.78, 5) is 0. The van der Waals surface area contributed by atoms with Gasteiger partial charge in [0.1, 0.15) is 23.3 Å². The van der Waals surface area contributed by atoms with Crippen molar-refractivity contribution in [2.45, 2.75) is 0 Å². The average molecular weight is 515 g/mol. The summed E-state index contributed by atoms with van der Waals surface area (Å²) in [5, 5.41) is 0.450. The Balaban J connectivity index is 2.16. The summed E-state index contributed by atoms with van der Waals surface area (Å²) in [6, 6.07) is 8.23. The number of rotatable bonds is 2. The Kier molecular flexibility index (Phi) is 5.03. The molecule has 186 valence electrons. The van der Waals surface area contributed by atoms with Crippen LogP contribution >= 0.6 is 0 Å². The van der Waals surface area contributed by atoms with E-state index in [1.54, 1.807) is 0 Å². The highest BCUT2D eigenvalue weighted by molar-refractivity contribution is 7.14. The molecule has 0 unspecified atom stereocenters. The van der Waals surface area contributed by atoms with Gasteiger partial charge in [-0.25, -0.2) is 43.9 Å². The Morgan fingerprint density at radius 1 is 0.500 bits per heavy atom. The van der Waals surface area contributed by atoms with Gasteiger partial charge in [-0.2, -0.15) is 0 Å². The van der Waals surface area contributed by atoms with Gasteiger partial charge in [0.25, 0.3) is 0 Å². The number of quaternary nitrogens is 1. The van der Waals surface area contributed by atoms with Crippen LogP contribution < -0.4 is 20.8 Å². The third kappa shape index (κ3) is 2.57. The minimum atomic E-state index is -4.17. The molecule has 0 fully saturated rings. The van der Waals surface area contributed by atoms with Gasteiger partial charge in [0.05, 0.1) is 5.69 Å². The van der Waals surface area contributed by atoms with E-state index in [-0.39, 0.29) is 16.5 Å². The molecule has 12 heteroatoms. The summed E-state index contributed by atoms with van der Waals surface area (Å²) in [6.45, 7) is 0. The van der Waals surface area contributed by atoms with Crippen molar-refractivity contribution in [1.82, 2.24) is 4.39 Å². The third-order valence-electron chi connectivity index (χ3n) is 7.28. The number of nitrogens with zero attached hydrogens (tertiary/aromatic N) is 1. The van der Waals surface area contributed by atoms with Gasteiger partial charge in [0, 0.05) is 19.5 Å². The van der Waals surface area contributed by atoms with Crippen LogP contribution in [-0.4, -0.2) is 20.4 Å². The molecular weight excluding hydrogens is 503 g/mol. The van der Waals surface area contributed by atoms with Crippen LogP contribution in [0.4, 0.5) is 49.6 Å². The molecule has 0 N–H and O–H groups in total. The molecule has 0 radical (unpaired) electrons. The Labute approximate surface area is 196 Å². The summed E-state index contributed by atoms with van der Waals surface area (Å²) in [7, 11) is 2.26. The summed E-state index contributed by atoms with van der Waals surface area (Å²) >= 11 is 0. The van der Waals surface area contributed by atoms with Gasteiger partial charge in [-0.15, -0.1) is 5.46 Å². The summed E-state index contributed by atoms with van der Waals surface area (Å²) in [6.07, 6.45) is -4.17. The van der Waals surface area contributed by atoms with E-state index in [2.05, 4.69) is 0 Å². The van der Waals surface area contributed by atoms with Crippen molar-refractivity contribution in [1.29, 1.82) is 0 Å². The van der Waals surface area contributed by atoms with Crippen molar-refractivity contribution in [3.05, 3.63) is 94.6 Å². The van der Waals surface area contributed by atoms with E-state index in [4.69, 9.17) is 0 Å². The van der Waals surface area contributed by atoms with E-state index in [1.807, 2.05) is 0 Å². The van der Waals surface area contributed by atoms with Gasteiger partial charge < -0.3 is 4.39 Å². The maximum absolute atomic E-state index is 15.5. The fraction of sp³-hybridized carbons (Fsp3) is 0.0833. The first-order valence-corrected chi connectivity index (χ1v) is 10.4. The molecule has 0 saturated heterocycles. The van der Waals surface area contributed by atoms with Crippen molar-refractivity contribution in [2.24, 2.45) is 0 Å². The van der Waals surface area contributed by atoms with Crippen molar-refractivity contribution in [3.63, 3.8) is 0 Å². The fourth-order valence-corrected chi connectivity index (χ4v) is 5.81. The lowest BCUT2D eigenvalue weighted by Gasteiger charge is -2.52. The lowest BCUT2D eigenvalue weighted by Crippen LogP contribution is -2.84. The Bertz CT molecular complexity index is 1500. The van der Waals surface area contributed by atoms with Gasteiger partial charge in [-0.05, 0) is 11.5 Å². The smallest absolute Gasteiger partial charge is 0.307 e. The summed E-state index contributed by atoms with van der Waals surface area (Å²) < 4.78 is 147. The topological polar surface area (TPSA) is 0 Å². The molecule has 1 aliphatic rings. The largest absolute Gasteiger partial charge is 0.474 e. The van der Waals surface area contributed by atoms with Gasteiger partial charge in [-0.3, -0.25) is 0 Å². The zero-order valence-corrected chi connectivity index (χ0v) is 18.3. The highest BCUT2D eigenvalue weighted by Crippen LogP contribution is 2.42. The molecule has 4 aromatic rings. The number of halogens is 10. The van der Waals surface area contributed by atoms with E-state index in [9.17, 15) is 26.3 Å². The predicted molar refractivity (Wildman–Crippen MR) is 115 cm³/mol. The van der Waals surface area contributed by atoms with E-state index in [0.29, 0.717) is 5.39 Å². The van der Waals surface area contributed by atoms with E-state index >= 15 is 17.6 Å². The van der Waals surface area contributed by atoms with Crippen molar-refractivity contribution >= 4 is 39.1 Å². The SMILES string of the molecule is C[N+]1(C)c2cccc3cccc(c23)[B-]1(c1c(F)c(F)c(F)c(F)c1F)c1c(F)c(F)c(F)c(F)c1F. The lowest BCUT2D eigenvalue weighted by molar-refractivity contribution is 0.380. The second-order valence-corrected chi connectivity index (χ2v) is 9.05. The molecule has 1 heterocycles. The van der Waals surface area contributed by atoms with Crippen LogP contribution in [0.15, 0.2) is 36.4 Å². The van der Waals surface area contributed by atoms with Gasteiger partial charge in [-0.1, -0.05) is 41.3 Å². The van der Waals surface area contributed by atoms with Gasteiger partial charge >= 0.3 is 6.28 Å². The molecule has 0 atom stereocenters. The van der Waals surface area contributed by atoms with Crippen LogP contribution in [0.5, 0.6) is 0 Å². The zero-order valence-electron chi connectivity index (χ0n) is 18.3. The van der Waals surface area contributed by atoms with Crippen molar-refractivity contribution in [2.75, 3.05) is 14.1 Å². The number of hydrogen-bond acceptors (Lipinski definition) is 0. The Morgan fingerprint density at radius 3 is 1.28 bits per heavy atom. The quantitative estimate of drug-likeness (QED) is 0.156. The van der Waals surface area contributed by atoms with Gasteiger partial charge in [0.15, 0.2) is 34.9 Å². The molecule has 5 rings (SSSR count). The summed E-state index contributed by atoms with van der Waals surface area (Å²) in [5.41, 5.74) is -3.68. The predicted octanol–water partition coefficient (Wildman–Crippen LogP) is 4.78. The van der Waals surface area contributed by atoms with Crippen LogP contribution in [0.2, 0.25) is 0 Å². The van der Waals surface area contributed by atoms with Crippen LogP contribution in [0.25, 0.3) is 10.8 Å². The molecule has 36 heavy (non-hydrogen) atoms. The fourth-order valence-electron chi connectivity index (χ4n) is 5.81. The second-order valence-electron chi connectivity index (χ2n) is 9.05. The van der Waals surface area contributed by atoms with E-state index < -0.39 is 79.8 Å². The molecule has 0 aromatic heterocycles. The molecule has 4 aromatic carbocycles. The Hall–Kier alpha value is -3.54. The van der Waals surface area contributed by atoms with Crippen molar-refractivity contribution in [3.8, 4) is 0 Å². The maximum atomic E-state index is 15.5. The normalized spacial score (nSPS) is 15.7. The van der Waals surface area contributed by atoms with Crippen LogP contribution in [0.3, 0.4) is 0 Å². The zero-order chi connectivity index (χ0) is 26.5. The number of benzene rings is 4. The van der Waals surface area contributed by atoms with Crippen molar-refractivity contribution < 1.29 is 43.9 Å². The monoisotopic (exact) mass is 515 g/mol. The minimum Gasteiger partial charge on any atom is -0.474 e. The van der Waals surface area contributed by atoms with E-state index in [0.717, 1.165) is 20.2 Å². The first kappa shape index (κ1) is 24.2. The molecule has 0 amide bonds. The highest BCUT2D eigenvalue weighted by atomic mass is 19.2. The average Bonchev–Trinajstić information content (AvgIpc) is 3.05. The Morgan fingerprint density at radius 2 is 0.861 bits per heavy atom. The minimum absolute atomic E-state index is 0.0935. The summed E-state index contributed by atoms with van der Waals surface area (Å²) in [5.74, 6) is -24.6. The first-order valence-electron chi connectivity index (χ1n) is 10.4. The third-order valence-corrected chi connectivity index (χ3v) is 7.28. The molecule has 0 bridgehead atoms. The molecular formula is C24H12BF10N. The molecule has 1 nitrogen and oxygen atoms in total. The highest BCUT2D eigenvalue weighted by Gasteiger charge is 2.59. The number of hydrogen-bond donors (Lipinski definition) is 0. The van der Waals surface area contributed by atoms with Crippen LogP contribution in [-0.2, 0) is 0 Å². The molecule has 0 saturated carbocycles. The lowest BCUT2D eigenvalue weighted by atomic mass is 9.22. The second kappa shape index (κ2) is 7.48. The van der Waals surface area contributed by atoms with E-state index in [1.165, 1.54) is 30.3 Å².